The van der Waals surface area contributed by atoms with E-state index in [9.17, 15) is 0 Å². The summed E-state index contributed by atoms with van der Waals surface area (Å²) in [5.41, 5.74) is 4.36. The van der Waals surface area contributed by atoms with Crippen molar-refractivity contribution in [2.45, 2.75) is 33.6 Å². The molecule has 0 amide bonds. The zero-order valence-corrected chi connectivity index (χ0v) is 10.5. The van der Waals surface area contributed by atoms with Crippen molar-refractivity contribution in [2.75, 3.05) is 0 Å². The van der Waals surface area contributed by atoms with E-state index in [2.05, 4.69) is 39.0 Å². The molecule has 0 saturated heterocycles. The van der Waals surface area contributed by atoms with Gasteiger partial charge in [0.25, 0.3) is 0 Å². The SMILES string of the molecule is CCc1ccc(C)c(CC)c1.N=C=O.N=C=O. The number of isocyanates is 2. The Morgan fingerprint density at radius 3 is 1.88 bits per heavy atom. The van der Waals surface area contributed by atoms with Crippen LogP contribution in [0.25, 0.3) is 0 Å². The maximum absolute atomic E-state index is 8.35. The highest BCUT2D eigenvalue weighted by Gasteiger charge is 1.95. The molecule has 0 fully saturated rings. The van der Waals surface area contributed by atoms with Gasteiger partial charge in [-0.2, -0.15) is 0 Å². The topological polar surface area (TPSA) is 81.8 Å². The van der Waals surface area contributed by atoms with Gasteiger partial charge in [-0.3, -0.25) is 0 Å². The van der Waals surface area contributed by atoms with Crippen LogP contribution < -0.4 is 0 Å². The van der Waals surface area contributed by atoms with Crippen LogP contribution in [0.3, 0.4) is 0 Å². The van der Waals surface area contributed by atoms with Crippen LogP contribution in [0.5, 0.6) is 0 Å². The fourth-order valence-electron chi connectivity index (χ4n) is 1.33. The highest BCUT2D eigenvalue weighted by molar-refractivity contribution is 5.30. The van der Waals surface area contributed by atoms with Gasteiger partial charge in [-0.15, -0.1) is 0 Å². The molecule has 0 heterocycles. The molecule has 2 N–H and O–H groups in total. The van der Waals surface area contributed by atoms with Crippen molar-refractivity contribution in [3.05, 3.63) is 34.9 Å². The second-order valence-corrected chi connectivity index (χ2v) is 3.17. The van der Waals surface area contributed by atoms with Crippen molar-refractivity contribution in [2.24, 2.45) is 0 Å². The third kappa shape index (κ3) is 8.94. The van der Waals surface area contributed by atoms with Crippen molar-refractivity contribution < 1.29 is 9.59 Å². The Hall–Kier alpha value is -2.02. The molecule has 0 aliphatic rings. The number of carbonyl (C=O) groups excluding carboxylic acids is 2. The average Bonchev–Trinajstić information content (AvgIpc) is 2.32. The molecule has 92 valence electrons. The van der Waals surface area contributed by atoms with Gasteiger partial charge in [0.15, 0.2) is 0 Å². The van der Waals surface area contributed by atoms with Crippen LogP contribution in [0.4, 0.5) is 0 Å². The molecule has 0 aliphatic heterocycles. The Labute approximate surface area is 102 Å². The summed E-state index contributed by atoms with van der Waals surface area (Å²) in [6, 6.07) is 6.75. The summed E-state index contributed by atoms with van der Waals surface area (Å²) in [4.78, 5) is 16.7. The Morgan fingerprint density at radius 2 is 1.53 bits per heavy atom. The minimum atomic E-state index is 0.750. The monoisotopic (exact) mass is 234 g/mol. The summed E-state index contributed by atoms with van der Waals surface area (Å²) in [6.07, 6.45) is 3.80. The van der Waals surface area contributed by atoms with E-state index in [1.807, 2.05) is 0 Å². The van der Waals surface area contributed by atoms with Crippen LogP contribution in [0.2, 0.25) is 0 Å². The molecule has 4 nitrogen and oxygen atoms in total. The molecule has 4 heteroatoms. The lowest BCUT2D eigenvalue weighted by atomic mass is 10.0. The molecular weight excluding hydrogens is 216 g/mol. The zero-order valence-electron chi connectivity index (χ0n) is 10.5. The highest BCUT2D eigenvalue weighted by Crippen LogP contribution is 2.11. The van der Waals surface area contributed by atoms with Gasteiger partial charge in [0.1, 0.15) is 0 Å². The number of aryl methyl sites for hydroxylation is 3. The molecule has 0 aromatic heterocycles. The van der Waals surface area contributed by atoms with Gasteiger partial charge >= 0.3 is 0 Å². The van der Waals surface area contributed by atoms with Crippen LogP contribution in [0.15, 0.2) is 18.2 Å². The summed E-state index contributed by atoms with van der Waals surface area (Å²) in [7, 11) is 0. The Balaban J connectivity index is 0. The highest BCUT2D eigenvalue weighted by atomic mass is 16.1. The molecule has 1 rings (SSSR count). The van der Waals surface area contributed by atoms with E-state index >= 15 is 0 Å². The minimum Gasteiger partial charge on any atom is -0.222 e. The Bertz CT molecular complexity index is 376. The van der Waals surface area contributed by atoms with Gasteiger partial charge in [-0.1, -0.05) is 32.0 Å². The first-order chi connectivity index (χ1) is 8.10. The lowest BCUT2D eigenvalue weighted by molar-refractivity contribution is 0.562. The summed E-state index contributed by atoms with van der Waals surface area (Å²) in [5.74, 6) is 0. The summed E-state index contributed by atoms with van der Waals surface area (Å²) < 4.78 is 0. The molecule has 0 radical (unpaired) electrons. The second-order valence-electron chi connectivity index (χ2n) is 3.17. The predicted octanol–water partition coefficient (Wildman–Crippen LogP) is 2.92. The van der Waals surface area contributed by atoms with Crippen molar-refractivity contribution >= 4 is 12.2 Å². The maximum atomic E-state index is 8.35. The normalized spacial score (nSPS) is 7.47. The molecule has 0 saturated carbocycles. The van der Waals surface area contributed by atoms with Gasteiger partial charge in [0.2, 0.25) is 12.2 Å². The largest absolute Gasteiger partial charge is 0.231 e. The molecule has 1 aromatic rings. The number of nitrogens with one attached hydrogen (secondary N) is 2. The smallest absolute Gasteiger partial charge is 0.222 e. The molecule has 0 atom stereocenters. The van der Waals surface area contributed by atoms with Crippen LogP contribution in [0.1, 0.15) is 30.5 Å². The predicted molar refractivity (Wildman–Crippen MR) is 66.8 cm³/mol. The fraction of sp³-hybridized carbons (Fsp3) is 0.385. The quantitative estimate of drug-likeness (QED) is 0.609. The summed E-state index contributed by atoms with van der Waals surface area (Å²) in [5, 5.41) is 10.8. The van der Waals surface area contributed by atoms with E-state index in [0.717, 1.165) is 25.0 Å². The van der Waals surface area contributed by atoms with Gasteiger partial charge in [0.05, 0.1) is 0 Å². The minimum absolute atomic E-state index is 0.750. The molecule has 17 heavy (non-hydrogen) atoms. The third-order valence-electron chi connectivity index (χ3n) is 2.20. The summed E-state index contributed by atoms with van der Waals surface area (Å²) >= 11 is 0. The van der Waals surface area contributed by atoms with Crippen molar-refractivity contribution in [1.82, 2.24) is 0 Å². The number of benzene rings is 1. The molecule has 1 aromatic carbocycles. The number of rotatable bonds is 2. The third-order valence-corrected chi connectivity index (χ3v) is 2.20. The first-order valence-corrected chi connectivity index (χ1v) is 5.27. The van der Waals surface area contributed by atoms with Crippen LogP contribution in [0, 0.1) is 17.7 Å². The zero-order chi connectivity index (χ0) is 13.7. The maximum Gasteiger partial charge on any atom is 0.231 e. The van der Waals surface area contributed by atoms with Crippen LogP contribution in [-0.4, -0.2) is 12.2 Å². The van der Waals surface area contributed by atoms with Gasteiger partial charge in [-0.25, -0.2) is 20.4 Å². The van der Waals surface area contributed by atoms with Crippen molar-refractivity contribution in [3.8, 4) is 0 Å². The molecule has 0 unspecified atom stereocenters. The lowest BCUT2D eigenvalue weighted by Crippen LogP contribution is -1.88. The Kier molecular flexibility index (Phi) is 12.3. The van der Waals surface area contributed by atoms with E-state index < -0.39 is 0 Å². The van der Waals surface area contributed by atoms with Crippen molar-refractivity contribution in [3.63, 3.8) is 0 Å². The number of hydrogen-bond acceptors (Lipinski definition) is 4. The first kappa shape index (κ1) is 17.4. The van der Waals surface area contributed by atoms with E-state index in [1.165, 1.54) is 16.7 Å². The van der Waals surface area contributed by atoms with Gasteiger partial charge in [0, 0.05) is 0 Å². The lowest BCUT2D eigenvalue weighted by Gasteiger charge is -2.04. The van der Waals surface area contributed by atoms with Crippen LogP contribution in [-0.2, 0) is 22.4 Å². The first-order valence-electron chi connectivity index (χ1n) is 5.27. The van der Waals surface area contributed by atoms with Crippen LogP contribution >= 0.6 is 0 Å². The standard InChI is InChI=1S/C11H16.2CHNO/c1-4-10-7-6-9(3)11(5-2)8-10;2*2-1-3/h6-8H,4-5H2,1-3H3;2*2H. The number of hydrogen-bond donors (Lipinski definition) is 2. The molecular formula is C13H18N2O2. The second kappa shape index (κ2) is 12.1. The fourth-order valence-corrected chi connectivity index (χ4v) is 1.33. The van der Waals surface area contributed by atoms with E-state index in [1.54, 1.807) is 0 Å². The molecule has 0 aliphatic carbocycles. The molecule has 0 bridgehead atoms. The van der Waals surface area contributed by atoms with E-state index in [0.29, 0.717) is 0 Å². The van der Waals surface area contributed by atoms with E-state index in [-0.39, 0.29) is 0 Å². The van der Waals surface area contributed by atoms with Gasteiger partial charge < -0.3 is 0 Å². The van der Waals surface area contributed by atoms with Gasteiger partial charge in [-0.05, 0) is 36.5 Å². The van der Waals surface area contributed by atoms with E-state index in [4.69, 9.17) is 20.4 Å². The van der Waals surface area contributed by atoms with Crippen molar-refractivity contribution in [1.29, 1.82) is 10.8 Å². The average molecular weight is 234 g/mol. The molecule has 0 spiro atoms. The Morgan fingerprint density at radius 1 is 1.06 bits per heavy atom. The summed E-state index contributed by atoms with van der Waals surface area (Å²) in [6.45, 7) is 6.59.